The molecule has 0 amide bonds. The first-order valence-corrected chi connectivity index (χ1v) is 7.24. The third-order valence-electron chi connectivity index (χ3n) is 4.11. The van der Waals surface area contributed by atoms with Crippen LogP contribution < -0.4 is 5.32 Å². The fraction of sp³-hybridized carbons (Fsp3) is 0.412. The van der Waals surface area contributed by atoms with Gasteiger partial charge in [-0.3, -0.25) is 0 Å². The Morgan fingerprint density at radius 3 is 2.85 bits per heavy atom. The van der Waals surface area contributed by atoms with Crippen LogP contribution in [0.5, 0.6) is 5.75 Å². The molecule has 0 bridgehead atoms. The fourth-order valence-electron chi connectivity index (χ4n) is 2.57. The molecule has 2 aromatic rings. The SMILES string of the molecule is CC(NCc1ccc(C2CC2C)o1)c1cccc(O)c1. The van der Waals surface area contributed by atoms with E-state index in [1.54, 1.807) is 12.1 Å². The molecule has 2 N–H and O–H groups in total. The van der Waals surface area contributed by atoms with Crippen LogP contribution >= 0.6 is 0 Å². The van der Waals surface area contributed by atoms with Crippen molar-refractivity contribution in [3.8, 4) is 5.75 Å². The van der Waals surface area contributed by atoms with Crippen LogP contribution in [0.3, 0.4) is 0 Å². The molecule has 3 rings (SSSR count). The summed E-state index contributed by atoms with van der Waals surface area (Å²) in [5, 5.41) is 12.9. The monoisotopic (exact) mass is 271 g/mol. The number of furan rings is 1. The molecular formula is C17H21NO2. The van der Waals surface area contributed by atoms with E-state index in [1.807, 2.05) is 12.1 Å². The highest BCUT2D eigenvalue weighted by molar-refractivity contribution is 5.29. The lowest BCUT2D eigenvalue weighted by Crippen LogP contribution is -2.17. The third kappa shape index (κ3) is 2.88. The van der Waals surface area contributed by atoms with Crippen LogP contribution in [-0.4, -0.2) is 5.11 Å². The molecule has 1 fully saturated rings. The first-order chi connectivity index (χ1) is 9.63. The number of nitrogens with one attached hydrogen (secondary N) is 1. The summed E-state index contributed by atoms with van der Waals surface area (Å²) >= 11 is 0. The van der Waals surface area contributed by atoms with Gasteiger partial charge in [0.05, 0.1) is 6.54 Å². The topological polar surface area (TPSA) is 45.4 Å². The van der Waals surface area contributed by atoms with Gasteiger partial charge in [0.2, 0.25) is 0 Å². The number of phenols is 1. The minimum absolute atomic E-state index is 0.176. The van der Waals surface area contributed by atoms with Gasteiger partial charge in [-0.25, -0.2) is 0 Å². The Kier molecular flexibility index (Phi) is 3.53. The quantitative estimate of drug-likeness (QED) is 0.865. The van der Waals surface area contributed by atoms with Gasteiger partial charge in [0.15, 0.2) is 0 Å². The van der Waals surface area contributed by atoms with Crippen molar-refractivity contribution in [1.29, 1.82) is 0 Å². The van der Waals surface area contributed by atoms with Crippen LogP contribution in [0.15, 0.2) is 40.8 Å². The first-order valence-electron chi connectivity index (χ1n) is 7.24. The Hall–Kier alpha value is -1.74. The summed E-state index contributed by atoms with van der Waals surface area (Å²) in [6.07, 6.45) is 1.25. The highest BCUT2D eigenvalue weighted by Gasteiger charge is 2.36. The number of phenolic OH excluding ortho intramolecular Hbond substituents is 1. The summed E-state index contributed by atoms with van der Waals surface area (Å²) in [5.74, 6) is 3.81. The summed E-state index contributed by atoms with van der Waals surface area (Å²) in [7, 11) is 0. The molecule has 1 aliphatic carbocycles. The van der Waals surface area contributed by atoms with Gasteiger partial charge < -0.3 is 14.8 Å². The summed E-state index contributed by atoms with van der Waals surface area (Å²) in [6.45, 7) is 5.05. The van der Waals surface area contributed by atoms with E-state index in [4.69, 9.17) is 4.42 Å². The van der Waals surface area contributed by atoms with Gasteiger partial charge in [0, 0.05) is 12.0 Å². The average Bonchev–Trinajstić information content (AvgIpc) is 2.99. The highest BCUT2D eigenvalue weighted by Crippen LogP contribution is 2.47. The highest BCUT2D eigenvalue weighted by atomic mass is 16.3. The van der Waals surface area contributed by atoms with Crippen molar-refractivity contribution >= 4 is 0 Å². The van der Waals surface area contributed by atoms with E-state index in [0.717, 1.165) is 23.0 Å². The molecule has 1 aliphatic rings. The van der Waals surface area contributed by atoms with Crippen LogP contribution in [0.4, 0.5) is 0 Å². The largest absolute Gasteiger partial charge is 0.508 e. The molecule has 1 aromatic carbocycles. The lowest BCUT2D eigenvalue weighted by molar-refractivity contribution is 0.429. The molecule has 1 aromatic heterocycles. The zero-order valence-electron chi connectivity index (χ0n) is 12.0. The van der Waals surface area contributed by atoms with Crippen LogP contribution in [-0.2, 0) is 6.54 Å². The predicted octanol–water partition coefficient (Wildman–Crippen LogP) is 3.96. The van der Waals surface area contributed by atoms with E-state index in [-0.39, 0.29) is 6.04 Å². The smallest absolute Gasteiger partial charge is 0.117 e. The molecule has 3 heteroatoms. The van der Waals surface area contributed by atoms with Gasteiger partial charge in [0.25, 0.3) is 0 Å². The zero-order valence-corrected chi connectivity index (χ0v) is 12.0. The zero-order chi connectivity index (χ0) is 14.1. The maximum Gasteiger partial charge on any atom is 0.117 e. The van der Waals surface area contributed by atoms with Gasteiger partial charge in [-0.2, -0.15) is 0 Å². The number of benzene rings is 1. The Morgan fingerprint density at radius 1 is 1.35 bits per heavy atom. The molecule has 0 spiro atoms. The fourth-order valence-corrected chi connectivity index (χ4v) is 2.57. The second-order valence-corrected chi connectivity index (χ2v) is 5.82. The second-order valence-electron chi connectivity index (χ2n) is 5.82. The van der Waals surface area contributed by atoms with Gasteiger partial charge in [0.1, 0.15) is 17.3 Å². The number of hydrogen-bond acceptors (Lipinski definition) is 3. The summed E-state index contributed by atoms with van der Waals surface area (Å²) in [6, 6.07) is 11.7. The minimum Gasteiger partial charge on any atom is -0.508 e. The second kappa shape index (κ2) is 5.33. The minimum atomic E-state index is 0.176. The predicted molar refractivity (Wildman–Crippen MR) is 78.6 cm³/mol. The summed E-state index contributed by atoms with van der Waals surface area (Å²) in [5.41, 5.74) is 1.08. The average molecular weight is 271 g/mol. The molecule has 3 unspecified atom stereocenters. The Balaban J connectivity index is 1.57. The molecule has 1 heterocycles. The van der Waals surface area contributed by atoms with Gasteiger partial charge in [-0.15, -0.1) is 0 Å². The van der Waals surface area contributed by atoms with E-state index in [2.05, 4.69) is 31.3 Å². The maximum atomic E-state index is 9.50. The van der Waals surface area contributed by atoms with E-state index >= 15 is 0 Å². The van der Waals surface area contributed by atoms with Crippen LogP contribution in [0.2, 0.25) is 0 Å². The molecular weight excluding hydrogens is 250 g/mol. The Labute approximate surface area is 119 Å². The van der Waals surface area contributed by atoms with Crippen molar-refractivity contribution in [3.05, 3.63) is 53.5 Å². The van der Waals surface area contributed by atoms with E-state index < -0.39 is 0 Å². The van der Waals surface area contributed by atoms with Gasteiger partial charge in [-0.1, -0.05) is 19.1 Å². The number of rotatable bonds is 5. The molecule has 3 atom stereocenters. The van der Waals surface area contributed by atoms with Crippen molar-refractivity contribution in [2.45, 2.75) is 38.8 Å². The maximum absolute atomic E-state index is 9.50. The van der Waals surface area contributed by atoms with Crippen LogP contribution in [0.25, 0.3) is 0 Å². The van der Waals surface area contributed by atoms with Crippen molar-refractivity contribution in [2.24, 2.45) is 5.92 Å². The molecule has 0 radical (unpaired) electrons. The lowest BCUT2D eigenvalue weighted by atomic mass is 10.1. The molecule has 0 aliphatic heterocycles. The number of hydrogen-bond donors (Lipinski definition) is 2. The normalized spacial score (nSPS) is 22.7. The van der Waals surface area contributed by atoms with Crippen molar-refractivity contribution in [2.75, 3.05) is 0 Å². The Bertz CT molecular complexity index is 590. The van der Waals surface area contributed by atoms with Crippen molar-refractivity contribution in [3.63, 3.8) is 0 Å². The summed E-state index contributed by atoms with van der Waals surface area (Å²) in [4.78, 5) is 0. The summed E-state index contributed by atoms with van der Waals surface area (Å²) < 4.78 is 5.88. The molecule has 106 valence electrons. The molecule has 3 nitrogen and oxygen atoms in total. The van der Waals surface area contributed by atoms with Crippen molar-refractivity contribution in [1.82, 2.24) is 5.32 Å². The standard InChI is InChI=1S/C17H21NO2/c1-11-8-16(11)17-7-6-15(20-17)10-18-12(2)13-4-3-5-14(19)9-13/h3-7,9,11-12,16,18-19H,8,10H2,1-2H3. The van der Waals surface area contributed by atoms with Crippen LogP contribution in [0.1, 0.15) is 49.3 Å². The van der Waals surface area contributed by atoms with E-state index in [1.165, 1.54) is 6.42 Å². The van der Waals surface area contributed by atoms with Gasteiger partial charge >= 0.3 is 0 Å². The third-order valence-corrected chi connectivity index (χ3v) is 4.11. The lowest BCUT2D eigenvalue weighted by Gasteiger charge is -2.13. The van der Waals surface area contributed by atoms with E-state index in [0.29, 0.717) is 18.2 Å². The molecule has 1 saturated carbocycles. The molecule has 20 heavy (non-hydrogen) atoms. The first kappa shape index (κ1) is 13.3. The Morgan fingerprint density at radius 2 is 2.15 bits per heavy atom. The van der Waals surface area contributed by atoms with Gasteiger partial charge in [-0.05, 0) is 49.1 Å². The van der Waals surface area contributed by atoms with Crippen molar-refractivity contribution < 1.29 is 9.52 Å². The molecule has 0 saturated heterocycles. The van der Waals surface area contributed by atoms with Crippen LogP contribution in [0, 0.1) is 5.92 Å². The van der Waals surface area contributed by atoms with E-state index in [9.17, 15) is 5.11 Å². The number of aromatic hydroxyl groups is 1.